The molecule has 0 aromatic carbocycles. The maximum atomic E-state index is 5.50. The minimum atomic E-state index is 0.509. The summed E-state index contributed by atoms with van der Waals surface area (Å²) < 4.78 is 0. The highest BCUT2D eigenvalue weighted by Crippen LogP contribution is 2.16. The molecule has 0 aliphatic carbocycles. The molecule has 0 aliphatic heterocycles. The van der Waals surface area contributed by atoms with Crippen LogP contribution < -0.4 is 11.1 Å². The molecule has 1 rings (SSSR count). The van der Waals surface area contributed by atoms with Gasteiger partial charge in [-0.05, 0) is 25.4 Å². The lowest BCUT2D eigenvalue weighted by atomic mass is 10.1. The number of rotatable bonds is 7. The van der Waals surface area contributed by atoms with Crippen molar-refractivity contribution < 1.29 is 0 Å². The summed E-state index contributed by atoms with van der Waals surface area (Å²) in [5.41, 5.74) is 5.50. The van der Waals surface area contributed by atoms with Crippen LogP contribution in [0.25, 0.3) is 0 Å². The second-order valence-electron chi connectivity index (χ2n) is 4.11. The highest BCUT2D eigenvalue weighted by Gasteiger charge is 2.08. The third kappa shape index (κ3) is 4.73. The average Bonchev–Trinajstić information content (AvgIpc) is 2.70. The summed E-state index contributed by atoms with van der Waals surface area (Å²) in [6.45, 7) is 7.27. The van der Waals surface area contributed by atoms with Crippen LogP contribution in [-0.4, -0.2) is 24.6 Å². The van der Waals surface area contributed by atoms with Crippen LogP contribution in [-0.2, 0) is 0 Å². The van der Waals surface area contributed by atoms with Gasteiger partial charge >= 0.3 is 0 Å². The van der Waals surface area contributed by atoms with Gasteiger partial charge in [0.15, 0.2) is 0 Å². The molecular weight excluding hydrogens is 206 g/mol. The van der Waals surface area contributed by atoms with E-state index in [9.17, 15) is 0 Å². The first-order chi connectivity index (χ1) is 7.24. The third-order valence-corrected chi connectivity index (χ3v) is 3.48. The zero-order valence-corrected chi connectivity index (χ0v) is 10.4. The largest absolute Gasteiger partial charge is 0.330 e. The number of nitrogens with zero attached hydrogens (tertiary/aromatic N) is 1. The molecule has 15 heavy (non-hydrogen) atoms. The van der Waals surface area contributed by atoms with Crippen molar-refractivity contribution in [1.29, 1.82) is 0 Å². The molecule has 0 saturated heterocycles. The molecule has 0 saturated carbocycles. The Kier molecular flexibility index (Phi) is 5.83. The number of hydrogen-bond donors (Lipinski definition) is 2. The fourth-order valence-corrected chi connectivity index (χ4v) is 2.20. The molecule has 2 atom stereocenters. The monoisotopic (exact) mass is 227 g/mol. The van der Waals surface area contributed by atoms with Crippen LogP contribution in [0.4, 0.5) is 0 Å². The summed E-state index contributed by atoms with van der Waals surface area (Å²) in [6.07, 6.45) is 2.96. The Balaban J connectivity index is 2.15. The van der Waals surface area contributed by atoms with E-state index in [1.807, 2.05) is 11.6 Å². The van der Waals surface area contributed by atoms with Gasteiger partial charge in [-0.1, -0.05) is 13.8 Å². The van der Waals surface area contributed by atoms with Crippen LogP contribution in [0.3, 0.4) is 0 Å². The van der Waals surface area contributed by atoms with Gasteiger partial charge in [0, 0.05) is 24.0 Å². The van der Waals surface area contributed by atoms with E-state index in [4.69, 9.17) is 5.73 Å². The van der Waals surface area contributed by atoms with Gasteiger partial charge in [-0.15, -0.1) is 11.3 Å². The third-order valence-electron chi connectivity index (χ3n) is 2.48. The van der Waals surface area contributed by atoms with Gasteiger partial charge in [0.1, 0.15) is 0 Å². The van der Waals surface area contributed by atoms with Crippen LogP contribution in [0, 0.1) is 5.92 Å². The molecule has 0 bridgehead atoms. The SMILES string of the molecule is CC(CCN)CNCC(C)c1nccs1. The van der Waals surface area contributed by atoms with Crippen molar-refractivity contribution >= 4 is 11.3 Å². The predicted octanol–water partition coefficient (Wildman–Crippen LogP) is 1.82. The first-order valence-electron chi connectivity index (χ1n) is 5.54. The Hall–Kier alpha value is -0.450. The Bertz CT molecular complexity index is 248. The van der Waals surface area contributed by atoms with Gasteiger partial charge in [-0.25, -0.2) is 4.98 Å². The molecule has 1 aromatic heterocycles. The van der Waals surface area contributed by atoms with Crippen molar-refractivity contribution in [3.63, 3.8) is 0 Å². The zero-order chi connectivity index (χ0) is 11.1. The summed E-state index contributed by atoms with van der Waals surface area (Å²) in [4.78, 5) is 4.31. The van der Waals surface area contributed by atoms with Crippen molar-refractivity contribution in [3.8, 4) is 0 Å². The Morgan fingerprint density at radius 2 is 2.27 bits per heavy atom. The molecule has 0 fully saturated rings. The van der Waals surface area contributed by atoms with Crippen LogP contribution in [0.1, 0.15) is 31.2 Å². The van der Waals surface area contributed by atoms with Crippen LogP contribution in [0.2, 0.25) is 0 Å². The van der Waals surface area contributed by atoms with Gasteiger partial charge < -0.3 is 11.1 Å². The zero-order valence-electron chi connectivity index (χ0n) is 9.57. The average molecular weight is 227 g/mol. The fraction of sp³-hybridized carbons (Fsp3) is 0.727. The van der Waals surface area contributed by atoms with E-state index in [0.29, 0.717) is 11.8 Å². The molecule has 3 N–H and O–H groups in total. The van der Waals surface area contributed by atoms with Crippen molar-refractivity contribution in [2.45, 2.75) is 26.2 Å². The lowest BCUT2D eigenvalue weighted by Gasteiger charge is -2.13. The highest BCUT2D eigenvalue weighted by molar-refractivity contribution is 7.09. The Morgan fingerprint density at radius 3 is 2.87 bits per heavy atom. The van der Waals surface area contributed by atoms with E-state index < -0.39 is 0 Å². The van der Waals surface area contributed by atoms with Crippen molar-refractivity contribution in [2.75, 3.05) is 19.6 Å². The summed E-state index contributed by atoms with van der Waals surface area (Å²) in [5.74, 6) is 1.17. The number of aromatic nitrogens is 1. The maximum absolute atomic E-state index is 5.50. The minimum Gasteiger partial charge on any atom is -0.330 e. The quantitative estimate of drug-likeness (QED) is 0.747. The molecule has 1 aromatic rings. The first-order valence-corrected chi connectivity index (χ1v) is 6.42. The number of nitrogens with one attached hydrogen (secondary N) is 1. The molecule has 1 heterocycles. The summed E-state index contributed by atoms with van der Waals surface area (Å²) in [6, 6.07) is 0. The summed E-state index contributed by atoms with van der Waals surface area (Å²) in [5, 5.41) is 6.72. The van der Waals surface area contributed by atoms with Crippen LogP contribution in [0.15, 0.2) is 11.6 Å². The molecule has 86 valence electrons. The first kappa shape index (κ1) is 12.6. The molecule has 4 heteroatoms. The maximum Gasteiger partial charge on any atom is 0.0965 e. The predicted molar refractivity (Wildman–Crippen MR) is 66.2 cm³/mol. The Labute approximate surface area is 96.1 Å². The fourth-order valence-electron chi connectivity index (χ4n) is 1.50. The molecule has 0 aliphatic rings. The summed E-state index contributed by atoms with van der Waals surface area (Å²) in [7, 11) is 0. The van der Waals surface area contributed by atoms with Crippen molar-refractivity contribution in [3.05, 3.63) is 16.6 Å². The smallest absolute Gasteiger partial charge is 0.0965 e. The van der Waals surface area contributed by atoms with Crippen molar-refractivity contribution in [2.24, 2.45) is 11.7 Å². The van der Waals surface area contributed by atoms with Gasteiger partial charge in [0.2, 0.25) is 0 Å². The number of nitrogens with two attached hydrogens (primary N) is 1. The lowest BCUT2D eigenvalue weighted by molar-refractivity contribution is 0.475. The molecule has 0 spiro atoms. The van der Waals surface area contributed by atoms with E-state index in [2.05, 4.69) is 24.1 Å². The molecular formula is C11H21N3S. The van der Waals surface area contributed by atoms with Crippen LogP contribution >= 0.6 is 11.3 Å². The minimum absolute atomic E-state index is 0.509. The second-order valence-corrected chi connectivity index (χ2v) is 5.04. The van der Waals surface area contributed by atoms with E-state index >= 15 is 0 Å². The molecule has 0 radical (unpaired) electrons. The molecule has 2 unspecified atom stereocenters. The van der Waals surface area contributed by atoms with Gasteiger partial charge in [0.25, 0.3) is 0 Å². The molecule has 3 nitrogen and oxygen atoms in total. The van der Waals surface area contributed by atoms with E-state index in [1.54, 1.807) is 11.3 Å². The van der Waals surface area contributed by atoms with E-state index in [-0.39, 0.29) is 0 Å². The Morgan fingerprint density at radius 1 is 1.47 bits per heavy atom. The van der Waals surface area contributed by atoms with Gasteiger partial charge in [-0.3, -0.25) is 0 Å². The number of thiazole rings is 1. The van der Waals surface area contributed by atoms with Gasteiger partial charge in [0.05, 0.1) is 5.01 Å². The standard InChI is InChI=1S/C11H21N3S/c1-9(3-4-12)7-13-8-10(2)11-14-5-6-15-11/h5-6,9-10,13H,3-4,7-8,12H2,1-2H3. The second kappa shape index (κ2) is 6.93. The molecule has 0 amide bonds. The van der Waals surface area contributed by atoms with Crippen molar-refractivity contribution in [1.82, 2.24) is 10.3 Å². The lowest BCUT2D eigenvalue weighted by Crippen LogP contribution is -2.26. The van der Waals surface area contributed by atoms with E-state index in [0.717, 1.165) is 26.1 Å². The van der Waals surface area contributed by atoms with E-state index in [1.165, 1.54) is 5.01 Å². The van der Waals surface area contributed by atoms with Crippen LogP contribution in [0.5, 0.6) is 0 Å². The summed E-state index contributed by atoms with van der Waals surface area (Å²) >= 11 is 1.73. The topological polar surface area (TPSA) is 50.9 Å². The van der Waals surface area contributed by atoms with Gasteiger partial charge in [-0.2, -0.15) is 0 Å². The highest BCUT2D eigenvalue weighted by atomic mass is 32.1. The number of hydrogen-bond acceptors (Lipinski definition) is 4. The normalized spacial score (nSPS) is 15.1.